The molecule has 1 aromatic carbocycles. The molecule has 0 bridgehead atoms. The van der Waals surface area contributed by atoms with E-state index in [9.17, 15) is 4.79 Å². The minimum absolute atomic E-state index is 0.0251. The smallest absolute Gasteiger partial charge is 0.228 e. The fourth-order valence-electron chi connectivity index (χ4n) is 2.02. The van der Waals surface area contributed by atoms with E-state index in [2.05, 4.69) is 26.1 Å². The highest BCUT2D eigenvalue weighted by Gasteiger charge is 2.24. The molecular weight excluding hydrogens is 260 g/mol. The summed E-state index contributed by atoms with van der Waals surface area (Å²) in [4.78, 5) is 12.2. The second-order valence-corrected chi connectivity index (χ2v) is 6.58. The van der Waals surface area contributed by atoms with Crippen molar-refractivity contribution in [1.82, 2.24) is 0 Å². The van der Waals surface area contributed by atoms with E-state index >= 15 is 0 Å². The van der Waals surface area contributed by atoms with Crippen LogP contribution in [-0.4, -0.2) is 12.5 Å². The van der Waals surface area contributed by atoms with E-state index in [-0.39, 0.29) is 17.2 Å². The molecule has 1 rings (SSSR count). The van der Waals surface area contributed by atoms with Gasteiger partial charge in [-0.15, -0.1) is 0 Å². The summed E-state index contributed by atoms with van der Waals surface area (Å²) in [7, 11) is 0. The summed E-state index contributed by atoms with van der Waals surface area (Å²) in [6.07, 6.45) is 0.766. The first kappa shape index (κ1) is 16.0. The van der Waals surface area contributed by atoms with Crippen molar-refractivity contribution in [3.05, 3.63) is 28.8 Å². The molecule has 0 radical (unpaired) electrons. The van der Waals surface area contributed by atoms with E-state index in [0.29, 0.717) is 11.6 Å². The third-order valence-corrected chi connectivity index (χ3v) is 3.20. The lowest BCUT2D eigenvalue weighted by atomic mass is 9.84. The van der Waals surface area contributed by atoms with E-state index in [1.807, 2.05) is 19.1 Å². The van der Waals surface area contributed by atoms with E-state index < -0.39 is 0 Å². The van der Waals surface area contributed by atoms with Crippen LogP contribution in [0.15, 0.2) is 18.2 Å². The van der Waals surface area contributed by atoms with E-state index in [1.165, 1.54) is 0 Å². The molecule has 3 nitrogen and oxygen atoms in total. The fourth-order valence-corrected chi connectivity index (χ4v) is 2.25. The average Bonchev–Trinajstić information content (AvgIpc) is 2.28. The van der Waals surface area contributed by atoms with Gasteiger partial charge in [0.15, 0.2) is 0 Å². The number of carbonyl (C=O) groups excluding carboxylic acids is 1. The van der Waals surface area contributed by atoms with Crippen molar-refractivity contribution in [2.24, 2.45) is 17.1 Å². The van der Waals surface area contributed by atoms with Crippen LogP contribution in [0.5, 0.6) is 0 Å². The summed E-state index contributed by atoms with van der Waals surface area (Å²) >= 11 is 5.90. The van der Waals surface area contributed by atoms with Crippen LogP contribution in [-0.2, 0) is 4.79 Å². The number of carbonyl (C=O) groups is 1. The number of anilines is 1. The summed E-state index contributed by atoms with van der Waals surface area (Å²) < 4.78 is 0. The second-order valence-electron chi connectivity index (χ2n) is 6.15. The van der Waals surface area contributed by atoms with Gasteiger partial charge in [-0.05, 0) is 42.5 Å². The molecule has 1 atom stereocenters. The van der Waals surface area contributed by atoms with Gasteiger partial charge in [-0.3, -0.25) is 4.79 Å². The van der Waals surface area contributed by atoms with E-state index in [4.69, 9.17) is 17.3 Å². The van der Waals surface area contributed by atoms with Crippen molar-refractivity contribution in [1.29, 1.82) is 0 Å². The molecule has 1 unspecified atom stereocenters. The highest BCUT2D eigenvalue weighted by atomic mass is 35.5. The van der Waals surface area contributed by atoms with Crippen LogP contribution in [0.1, 0.15) is 32.8 Å². The first-order valence-electron chi connectivity index (χ1n) is 6.50. The molecule has 0 fully saturated rings. The van der Waals surface area contributed by atoms with Crippen molar-refractivity contribution < 1.29 is 4.79 Å². The minimum Gasteiger partial charge on any atom is -0.330 e. The van der Waals surface area contributed by atoms with Crippen LogP contribution in [0, 0.1) is 18.3 Å². The molecule has 106 valence electrons. The third kappa shape index (κ3) is 5.21. The molecule has 0 heterocycles. The number of rotatable bonds is 4. The van der Waals surface area contributed by atoms with Crippen LogP contribution in [0.2, 0.25) is 5.02 Å². The Hall–Kier alpha value is -1.06. The maximum absolute atomic E-state index is 12.2. The molecule has 0 saturated carbocycles. The van der Waals surface area contributed by atoms with Gasteiger partial charge in [0.05, 0.1) is 5.92 Å². The normalized spacial score (nSPS) is 13.2. The SMILES string of the molecule is Cc1cc(Cl)ccc1NC(=O)C(CN)CC(C)(C)C. The molecule has 19 heavy (non-hydrogen) atoms. The molecular formula is C15H23ClN2O. The summed E-state index contributed by atoms with van der Waals surface area (Å²) in [5, 5.41) is 3.60. The fraction of sp³-hybridized carbons (Fsp3) is 0.533. The Morgan fingerprint density at radius 3 is 2.53 bits per heavy atom. The topological polar surface area (TPSA) is 55.1 Å². The molecule has 1 amide bonds. The van der Waals surface area contributed by atoms with Crippen molar-refractivity contribution in [3.63, 3.8) is 0 Å². The lowest BCUT2D eigenvalue weighted by molar-refractivity contribution is -0.120. The van der Waals surface area contributed by atoms with E-state index in [0.717, 1.165) is 17.7 Å². The zero-order valence-corrected chi connectivity index (χ0v) is 12.8. The van der Waals surface area contributed by atoms with Crippen LogP contribution in [0.3, 0.4) is 0 Å². The Kier molecular flexibility index (Phi) is 5.39. The second kappa shape index (κ2) is 6.40. The van der Waals surface area contributed by atoms with Crippen LogP contribution >= 0.6 is 11.6 Å². The third-order valence-electron chi connectivity index (χ3n) is 2.96. The van der Waals surface area contributed by atoms with Gasteiger partial charge in [0, 0.05) is 17.3 Å². The van der Waals surface area contributed by atoms with Gasteiger partial charge in [0.1, 0.15) is 0 Å². The number of nitrogens with two attached hydrogens (primary N) is 1. The molecule has 0 saturated heterocycles. The highest BCUT2D eigenvalue weighted by molar-refractivity contribution is 6.30. The molecule has 0 aliphatic carbocycles. The first-order chi connectivity index (χ1) is 8.73. The summed E-state index contributed by atoms with van der Waals surface area (Å²) in [6, 6.07) is 5.42. The minimum atomic E-state index is -0.171. The molecule has 0 aromatic heterocycles. The summed E-state index contributed by atoms with van der Waals surface area (Å²) in [6.45, 7) is 8.60. The largest absolute Gasteiger partial charge is 0.330 e. The Labute approximate surface area is 120 Å². The first-order valence-corrected chi connectivity index (χ1v) is 6.88. The van der Waals surface area contributed by atoms with Gasteiger partial charge in [0.2, 0.25) is 5.91 Å². The zero-order valence-electron chi connectivity index (χ0n) is 12.1. The van der Waals surface area contributed by atoms with Gasteiger partial charge in [-0.1, -0.05) is 32.4 Å². The standard InChI is InChI=1S/C15H23ClN2O/c1-10-7-12(16)5-6-13(10)18-14(19)11(9-17)8-15(2,3)4/h5-7,11H,8-9,17H2,1-4H3,(H,18,19). The Balaban J connectivity index is 2.77. The Morgan fingerprint density at radius 2 is 2.05 bits per heavy atom. The highest BCUT2D eigenvalue weighted by Crippen LogP contribution is 2.26. The number of amides is 1. The maximum atomic E-state index is 12.2. The number of hydrogen-bond acceptors (Lipinski definition) is 2. The monoisotopic (exact) mass is 282 g/mol. The Bertz CT molecular complexity index is 452. The summed E-state index contributed by atoms with van der Waals surface area (Å²) in [5.41, 5.74) is 7.54. The van der Waals surface area contributed by atoms with Gasteiger partial charge >= 0.3 is 0 Å². The lowest BCUT2D eigenvalue weighted by Gasteiger charge is -2.24. The predicted octanol–water partition coefficient (Wildman–Crippen LogP) is 3.60. The van der Waals surface area contributed by atoms with Gasteiger partial charge < -0.3 is 11.1 Å². The number of hydrogen-bond donors (Lipinski definition) is 2. The molecule has 3 N–H and O–H groups in total. The van der Waals surface area contributed by atoms with Gasteiger partial charge in [0.25, 0.3) is 0 Å². The average molecular weight is 283 g/mol. The number of aryl methyl sites for hydroxylation is 1. The molecule has 1 aromatic rings. The number of halogens is 1. The van der Waals surface area contributed by atoms with Crippen molar-refractivity contribution >= 4 is 23.2 Å². The number of nitrogens with one attached hydrogen (secondary N) is 1. The van der Waals surface area contributed by atoms with Crippen LogP contribution in [0.4, 0.5) is 5.69 Å². The van der Waals surface area contributed by atoms with Gasteiger partial charge in [-0.2, -0.15) is 0 Å². The predicted molar refractivity (Wildman–Crippen MR) is 81.4 cm³/mol. The molecule has 0 aliphatic heterocycles. The van der Waals surface area contributed by atoms with E-state index in [1.54, 1.807) is 6.07 Å². The van der Waals surface area contributed by atoms with Crippen molar-refractivity contribution in [3.8, 4) is 0 Å². The van der Waals surface area contributed by atoms with Crippen molar-refractivity contribution in [2.45, 2.75) is 34.1 Å². The molecule has 4 heteroatoms. The Morgan fingerprint density at radius 1 is 1.42 bits per heavy atom. The quantitative estimate of drug-likeness (QED) is 0.886. The molecule has 0 spiro atoms. The van der Waals surface area contributed by atoms with Crippen LogP contribution < -0.4 is 11.1 Å². The summed E-state index contributed by atoms with van der Waals surface area (Å²) in [5.74, 6) is -0.196. The van der Waals surface area contributed by atoms with Crippen LogP contribution in [0.25, 0.3) is 0 Å². The molecule has 0 aliphatic rings. The maximum Gasteiger partial charge on any atom is 0.228 e. The zero-order chi connectivity index (χ0) is 14.6. The number of benzene rings is 1. The van der Waals surface area contributed by atoms with Gasteiger partial charge in [-0.25, -0.2) is 0 Å². The van der Waals surface area contributed by atoms with Crippen molar-refractivity contribution in [2.75, 3.05) is 11.9 Å². The lowest BCUT2D eigenvalue weighted by Crippen LogP contribution is -2.32.